The molecule has 0 bridgehead atoms. The summed E-state index contributed by atoms with van der Waals surface area (Å²) in [7, 11) is 2.20. The molecule has 0 radical (unpaired) electrons. The Balaban J connectivity index is 1.26. The zero-order valence-corrected chi connectivity index (χ0v) is 16.3. The van der Waals surface area contributed by atoms with E-state index in [1.54, 1.807) is 0 Å². The summed E-state index contributed by atoms with van der Waals surface area (Å²) in [6.07, 6.45) is 11.5. The number of esters is 1. The fraction of sp³-hybridized carbons (Fsp3) is 0.955. The lowest BCUT2D eigenvalue weighted by molar-refractivity contribution is -0.148. The third-order valence-electron chi connectivity index (χ3n) is 9.54. The molecule has 2 aliphatic heterocycles. The number of piperazine rings is 1. The maximum absolute atomic E-state index is 12.9. The summed E-state index contributed by atoms with van der Waals surface area (Å²) >= 11 is 0. The second kappa shape index (κ2) is 5.47. The number of carbonyl (C=O) groups excluding carboxylic acids is 1. The van der Waals surface area contributed by atoms with E-state index in [1.807, 2.05) is 0 Å². The Bertz CT molecular complexity index is 603. The summed E-state index contributed by atoms with van der Waals surface area (Å²) in [5, 5.41) is 0. The summed E-state index contributed by atoms with van der Waals surface area (Å²) in [6.45, 7) is 5.43. The van der Waals surface area contributed by atoms with Crippen LogP contribution in [0.25, 0.3) is 0 Å². The molecule has 0 aromatic rings. The van der Waals surface area contributed by atoms with Gasteiger partial charge in [0.15, 0.2) is 0 Å². The van der Waals surface area contributed by atoms with Crippen molar-refractivity contribution >= 4 is 5.97 Å². The Kier molecular flexibility index (Phi) is 3.44. The molecule has 6 rings (SSSR count). The zero-order valence-electron chi connectivity index (χ0n) is 16.3. The molecule has 6 aliphatic rings. The second-order valence-corrected chi connectivity index (χ2v) is 10.7. The lowest BCUT2D eigenvalue weighted by Crippen LogP contribution is -2.47. The van der Waals surface area contributed by atoms with E-state index in [9.17, 15) is 4.79 Å². The molecule has 2 unspecified atom stereocenters. The summed E-state index contributed by atoms with van der Waals surface area (Å²) in [4.78, 5) is 17.9. The highest BCUT2D eigenvalue weighted by atomic mass is 16.6. The topological polar surface area (TPSA) is 32.8 Å². The molecule has 4 heteroatoms. The van der Waals surface area contributed by atoms with Gasteiger partial charge in [0.2, 0.25) is 0 Å². The van der Waals surface area contributed by atoms with Gasteiger partial charge in [-0.3, -0.25) is 9.69 Å². The molecule has 0 amide bonds. The summed E-state index contributed by atoms with van der Waals surface area (Å²) < 4.78 is 6.26. The van der Waals surface area contributed by atoms with Crippen LogP contribution < -0.4 is 0 Å². The highest BCUT2D eigenvalue weighted by Gasteiger charge is 2.69. The minimum absolute atomic E-state index is 0.145. The van der Waals surface area contributed by atoms with Crippen LogP contribution in [0.1, 0.15) is 51.4 Å². The fourth-order valence-electron chi connectivity index (χ4n) is 7.58. The molecular formula is C22H34N2O2. The number of nitrogens with zero attached hydrogens (tertiary/aromatic N) is 2. The molecule has 6 fully saturated rings. The van der Waals surface area contributed by atoms with Crippen molar-refractivity contribution in [2.75, 3.05) is 39.8 Å². The van der Waals surface area contributed by atoms with Crippen LogP contribution in [0.4, 0.5) is 0 Å². The number of hydrogen-bond acceptors (Lipinski definition) is 4. The molecule has 2 spiro atoms. The molecule has 144 valence electrons. The first kappa shape index (κ1) is 16.4. The van der Waals surface area contributed by atoms with Gasteiger partial charge in [0.25, 0.3) is 0 Å². The number of ether oxygens (including phenoxy) is 1. The molecule has 5 atom stereocenters. The summed E-state index contributed by atoms with van der Waals surface area (Å²) in [5.74, 6) is 2.38. The third kappa shape index (κ3) is 2.30. The molecule has 0 N–H and O–H groups in total. The fourth-order valence-corrected chi connectivity index (χ4v) is 7.58. The van der Waals surface area contributed by atoms with Crippen LogP contribution in [0, 0.1) is 34.5 Å². The van der Waals surface area contributed by atoms with Crippen molar-refractivity contribution in [3.05, 3.63) is 0 Å². The SMILES string of the molecule is CN1CCN(C[C@@H]2C(=O)O[C@@H]3C4C(CCC45CC5)C4(CC[C@@H]23)CC4)CC1. The predicted octanol–water partition coefficient (Wildman–Crippen LogP) is 2.77. The Labute approximate surface area is 157 Å². The van der Waals surface area contributed by atoms with Crippen LogP contribution in [-0.4, -0.2) is 61.6 Å². The van der Waals surface area contributed by atoms with E-state index in [-0.39, 0.29) is 18.0 Å². The van der Waals surface area contributed by atoms with Crippen molar-refractivity contribution in [1.29, 1.82) is 0 Å². The van der Waals surface area contributed by atoms with E-state index in [1.165, 1.54) is 51.4 Å². The minimum atomic E-state index is 0.145. The van der Waals surface area contributed by atoms with E-state index < -0.39 is 0 Å². The minimum Gasteiger partial charge on any atom is -0.461 e. The maximum atomic E-state index is 12.9. The van der Waals surface area contributed by atoms with Crippen LogP contribution in [0.5, 0.6) is 0 Å². The zero-order chi connectivity index (χ0) is 17.5. The van der Waals surface area contributed by atoms with Crippen molar-refractivity contribution in [3.8, 4) is 0 Å². The van der Waals surface area contributed by atoms with Gasteiger partial charge in [-0.05, 0) is 75.2 Å². The largest absolute Gasteiger partial charge is 0.461 e. The second-order valence-electron chi connectivity index (χ2n) is 10.7. The van der Waals surface area contributed by atoms with Crippen molar-refractivity contribution in [2.45, 2.75) is 57.5 Å². The quantitative estimate of drug-likeness (QED) is 0.711. The van der Waals surface area contributed by atoms with Crippen LogP contribution >= 0.6 is 0 Å². The molecule has 4 saturated carbocycles. The van der Waals surface area contributed by atoms with Crippen molar-refractivity contribution in [1.82, 2.24) is 9.80 Å². The molecule has 0 aromatic carbocycles. The Hall–Kier alpha value is -0.610. The first-order chi connectivity index (χ1) is 12.6. The van der Waals surface area contributed by atoms with E-state index in [0.29, 0.717) is 22.7 Å². The molecule has 0 aromatic heterocycles. The molecule has 2 saturated heterocycles. The van der Waals surface area contributed by atoms with Gasteiger partial charge in [-0.15, -0.1) is 0 Å². The van der Waals surface area contributed by atoms with Crippen LogP contribution in [-0.2, 0) is 9.53 Å². The molecule has 2 heterocycles. The Morgan fingerprint density at radius 1 is 0.962 bits per heavy atom. The molecule has 26 heavy (non-hydrogen) atoms. The van der Waals surface area contributed by atoms with Gasteiger partial charge in [-0.2, -0.15) is 0 Å². The summed E-state index contributed by atoms with van der Waals surface area (Å²) in [6, 6.07) is 0. The molecule has 4 nitrogen and oxygen atoms in total. The number of likely N-dealkylation sites (N-methyl/N-ethyl adjacent to an activating group) is 1. The highest BCUT2D eigenvalue weighted by Crippen LogP contribution is 2.74. The summed E-state index contributed by atoms with van der Waals surface area (Å²) in [5.41, 5.74) is 1.24. The number of rotatable bonds is 2. The van der Waals surface area contributed by atoms with Crippen molar-refractivity contribution in [2.24, 2.45) is 34.5 Å². The number of carbonyl (C=O) groups is 1. The van der Waals surface area contributed by atoms with E-state index >= 15 is 0 Å². The first-order valence-corrected chi connectivity index (χ1v) is 11.2. The normalized spacial score (nSPS) is 46.0. The maximum Gasteiger partial charge on any atom is 0.310 e. The van der Waals surface area contributed by atoms with Crippen LogP contribution in [0.15, 0.2) is 0 Å². The smallest absolute Gasteiger partial charge is 0.310 e. The first-order valence-electron chi connectivity index (χ1n) is 11.2. The van der Waals surface area contributed by atoms with Crippen molar-refractivity contribution < 1.29 is 9.53 Å². The van der Waals surface area contributed by atoms with Crippen molar-refractivity contribution in [3.63, 3.8) is 0 Å². The van der Waals surface area contributed by atoms with Gasteiger partial charge in [-0.1, -0.05) is 0 Å². The highest BCUT2D eigenvalue weighted by molar-refractivity contribution is 5.75. The number of fused-ring (bicyclic) bond motifs is 5. The van der Waals surface area contributed by atoms with Crippen LogP contribution in [0.3, 0.4) is 0 Å². The lowest BCUT2D eigenvalue weighted by atomic mass is 9.73. The van der Waals surface area contributed by atoms with Gasteiger partial charge in [0.05, 0.1) is 5.92 Å². The monoisotopic (exact) mass is 358 g/mol. The Morgan fingerprint density at radius 3 is 2.35 bits per heavy atom. The van der Waals surface area contributed by atoms with E-state index in [2.05, 4.69) is 16.8 Å². The average molecular weight is 359 g/mol. The standard InChI is InChI=1S/C22H34N2O2/c1-23-10-12-24(13-11-23)14-16-15-2-4-21(6-7-21)17-3-5-22(8-9-22)18(17)19(15)26-20(16)25/h15-19H,2-14H2,1H3/t15-,16-,17?,18?,19-/m0/s1. The molecular weight excluding hydrogens is 324 g/mol. The number of hydrogen-bond donors (Lipinski definition) is 0. The van der Waals surface area contributed by atoms with E-state index in [0.717, 1.165) is 38.6 Å². The van der Waals surface area contributed by atoms with Gasteiger partial charge < -0.3 is 9.64 Å². The lowest BCUT2D eigenvalue weighted by Gasteiger charge is -2.35. The Morgan fingerprint density at radius 2 is 1.65 bits per heavy atom. The van der Waals surface area contributed by atoms with Crippen LogP contribution in [0.2, 0.25) is 0 Å². The average Bonchev–Trinajstić information content (AvgIpc) is 3.52. The van der Waals surface area contributed by atoms with Gasteiger partial charge >= 0.3 is 5.97 Å². The van der Waals surface area contributed by atoms with E-state index in [4.69, 9.17) is 4.74 Å². The van der Waals surface area contributed by atoms with Gasteiger partial charge in [-0.25, -0.2) is 0 Å². The van der Waals surface area contributed by atoms with Gasteiger partial charge in [0, 0.05) is 44.6 Å². The third-order valence-corrected chi connectivity index (χ3v) is 9.54. The van der Waals surface area contributed by atoms with Gasteiger partial charge in [0.1, 0.15) is 6.10 Å². The predicted molar refractivity (Wildman–Crippen MR) is 99.6 cm³/mol. The molecule has 4 aliphatic carbocycles.